The number of rotatable bonds is 5. The number of carbonyl (C=O) groups excluding carboxylic acids is 1. The minimum atomic E-state index is -2.76. The fourth-order valence-corrected chi connectivity index (χ4v) is 3.52. The molecule has 0 unspecified atom stereocenters. The highest BCUT2D eigenvalue weighted by atomic mass is 19.3. The molecule has 0 N–H and O–H groups in total. The van der Waals surface area contributed by atoms with Gasteiger partial charge in [-0.25, -0.2) is 19.6 Å². The van der Waals surface area contributed by atoms with Crippen LogP contribution in [0.5, 0.6) is 0 Å². The standard InChI is InChI=1S/C20H22F2N8O/c1-28(2)17-11-15(25-18(26-17)16-12-23-6-7-24-16)13-3-8-29(9-4-13)19(31)14-5-10-30(27-14)20(21)22/h5-7,10-13,20H,3-4,8-9H2,1-2H3. The number of aromatic nitrogens is 6. The third kappa shape index (κ3) is 4.49. The van der Waals surface area contributed by atoms with Crippen LogP contribution in [0.25, 0.3) is 11.5 Å². The molecule has 0 radical (unpaired) electrons. The van der Waals surface area contributed by atoms with Gasteiger partial charge in [0, 0.05) is 63.5 Å². The number of likely N-dealkylation sites (tertiary alicyclic amines) is 1. The zero-order chi connectivity index (χ0) is 22.0. The van der Waals surface area contributed by atoms with Crippen molar-refractivity contribution in [1.29, 1.82) is 0 Å². The zero-order valence-electron chi connectivity index (χ0n) is 17.2. The van der Waals surface area contributed by atoms with Gasteiger partial charge in [-0.05, 0) is 18.9 Å². The molecule has 162 valence electrons. The van der Waals surface area contributed by atoms with Crippen molar-refractivity contribution in [3.8, 4) is 11.5 Å². The van der Waals surface area contributed by atoms with E-state index >= 15 is 0 Å². The summed E-state index contributed by atoms with van der Waals surface area (Å²) < 4.78 is 25.9. The normalized spacial score (nSPS) is 14.8. The average Bonchev–Trinajstić information content (AvgIpc) is 3.30. The maximum absolute atomic E-state index is 12.7. The van der Waals surface area contributed by atoms with Crippen molar-refractivity contribution < 1.29 is 13.6 Å². The van der Waals surface area contributed by atoms with E-state index in [2.05, 4.69) is 20.1 Å². The second-order valence-electron chi connectivity index (χ2n) is 7.48. The van der Waals surface area contributed by atoms with Crippen LogP contribution >= 0.6 is 0 Å². The first-order chi connectivity index (χ1) is 14.9. The van der Waals surface area contributed by atoms with Crippen LogP contribution in [-0.4, -0.2) is 67.7 Å². The Morgan fingerprint density at radius 1 is 1.19 bits per heavy atom. The van der Waals surface area contributed by atoms with Crippen molar-refractivity contribution in [2.75, 3.05) is 32.1 Å². The lowest BCUT2D eigenvalue weighted by Crippen LogP contribution is -2.38. The van der Waals surface area contributed by atoms with Crippen LogP contribution in [-0.2, 0) is 0 Å². The molecule has 1 amide bonds. The first kappa shape index (κ1) is 20.8. The minimum absolute atomic E-state index is 0.0284. The van der Waals surface area contributed by atoms with E-state index in [1.165, 1.54) is 6.07 Å². The summed E-state index contributed by atoms with van der Waals surface area (Å²) in [7, 11) is 3.82. The Labute approximate surface area is 177 Å². The highest BCUT2D eigenvalue weighted by Gasteiger charge is 2.28. The van der Waals surface area contributed by atoms with Gasteiger partial charge in [-0.3, -0.25) is 9.78 Å². The maximum Gasteiger partial charge on any atom is 0.333 e. The molecule has 11 heteroatoms. The highest BCUT2D eigenvalue weighted by Crippen LogP contribution is 2.30. The molecule has 1 saturated heterocycles. The maximum atomic E-state index is 12.7. The molecule has 0 aliphatic carbocycles. The van der Waals surface area contributed by atoms with Crippen molar-refractivity contribution in [2.45, 2.75) is 25.3 Å². The molecule has 0 aromatic carbocycles. The zero-order valence-corrected chi connectivity index (χ0v) is 17.2. The van der Waals surface area contributed by atoms with Gasteiger partial charge in [-0.2, -0.15) is 13.9 Å². The number of piperidine rings is 1. The first-order valence-corrected chi connectivity index (χ1v) is 9.87. The fourth-order valence-electron chi connectivity index (χ4n) is 3.52. The lowest BCUT2D eigenvalue weighted by atomic mass is 9.93. The van der Waals surface area contributed by atoms with Gasteiger partial charge in [-0.15, -0.1) is 0 Å². The summed E-state index contributed by atoms with van der Waals surface area (Å²) in [5.74, 6) is 1.07. The molecule has 3 aromatic heterocycles. The Morgan fingerprint density at radius 2 is 1.97 bits per heavy atom. The summed E-state index contributed by atoms with van der Waals surface area (Å²) in [6.07, 6.45) is 7.33. The van der Waals surface area contributed by atoms with Crippen LogP contribution in [0.1, 0.15) is 41.5 Å². The van der Waals surface area contributed by atoms with Crippen LogP contribution in [0.15, 0.2) is 36.9 Å². The molecular weight excluding hydrogens is 406 g/mol. The van der Waals surface area contributed by atoms with E-state index in [1.807, 2.05) is 25.1 Å². The summed E-state index contributed by atoms with van der Waals surface area (Å²) >= 11 is 0. The monoisotopic (exact) mass is 428 g/mol. The highest BCUT2D eigenvalue weighted by molar-refractivity contribution is 5.92. The van der Waals surface area contributed by atoms with Gasteiger partial charge in [0.25, 0.3) is 5.91 Å². The molecule has 0 spiro atoms. The van der Waals surface area contributed by atoms with Crippen molar-refractivity contribution in [3.05, 3.63) is 48.3 Å². The number of anilines is 1. The molecule has 0 atom stereocenters. The van der Waals surface area contributed by atoms with Crippen LogP contribution in [0.3, 0.4) is 0 Å². The molecule has 1 aliphatic heterocycles. The Bertz CT molecular complexity index is 1050. The average molecular weight is 428 g/mol. The van der Waals surface area contributed by atoms with Crippen LogP contribution in [0, 0.1) is 0 Å². The predicted octanol–water partition coefficient (Wildman–Crippen LogP) is 2.61. The van der Waals surface area contributed by atoms with E-state index in [0.29, 0.717) is 42.1 Å². The third-order valence-corrected chi connectivity index (χ3v) is 5.21. The van der Waals surface area contributed by atoms with E-state index in [9.17, 15) is 13.6 Å². The predicted molar refractivity (Wildman–Crippen MR) is 109 cm³/mol. The van der Waals surface area contributed by atoms with Crippen molar-refractivity contribution in [3.63, 3.8) is 0 Å². The smallest absolute Gasteiger partial charge is 0.333 e. The summed E-state index contributed by atoms with van der Waals surface area (Å²) in [6, 6.07) is 3.27. The van der Waals surface area contributed by atoms with Gasteiger partial charge in [0.05, 0.1) is 6.20 Å². The van der Waals surface area contributed by atoms with Crippen LogP contribution in [0.2, 0.25) is 0 Å². The molecule has 3 aromatic rings. The van der Waals surface area contributed by atoms with Gasteiger partial charge >= 0.3 is 6.55 Å². The molecular formula is C20H22F2N8O. The van der Waals surface area contributed by atoms with Crippen molar-refractivity contribution >= 4 is 11.7 Å². The molecule has 4 rings (SSSR count). The number of alkyl halides is 2. The Hall–Kier alpha value is -3.50. The molecule has 9 nitrogen and oxygen atoms in total. The molecule has 0 bridgehead atoms. The van der Waals surface area contributed by atoms with Crippen molar-refractivity contribution in [2.24, 2.45) is 0 Å². The molecule has 4 heterocycles. The van der Waals surface area contributed by atoms with Crippen molar-refractivity contribution in [1.82, 2.24) is 34.6 Å². The van der Waals surface area contributed by atoms with Gasteiger partial charge in [-0.1, -0.05) is 0 Å². The molecule has 31 heavy (non-hydrogen) atoms. The lowest BCUT2D eigenvalue weighted by molar-refractivity contribution is 0.0547. The fraction of sp³-hybridized carbons (Fsp3) is 0.400. The SMILES string of the molecule is CN(C)c1cc(C2CCN(C(=O)c3ccn(C(F)F)n3)CC2)nc(-c2cnccn2)n1. The largest absolute Gasteiger partial charge is 0.363 e. The van der Waals surface area contributed by atoms with Gasteiger partial charge < -0.3 is 9.80 Å². The van der Waals surface area contributed by atoms with E-state index < -0.39 is 6.55 Å². The summed E-state index contributed by atoms with van der Waals surface area (Å²) in [6.45, 7) is -1.78. The lowest BCUT2D eigenvalue weighted by Gasteiger charge is -2.31. The number of amides is 1. The quantitative estimate of drug-likeness (QED) is 0.617. The molecule has 1 aliphatic rings. The molecule has 0 saturated carbocycles. The first-order valence-electron chi connectivity index (χ1n) is 9.87. The summed E-state index contributed by atoms with van der Waals surface area (Å²) in [4.78, 5) is 33.9. The van der Waals surface area contributed by atoms with E-state index in [-0.39, 0.29) is 17.5 Å². The molecule has 1 fully saturated rings. The van der Waals surface area contributed by atoms with Gasteiger partial charge in [0.2, 0.25) is 0 Å². The third-order valence-electron chi connectivity index (χ3n) is 5.21. The Balaban J connectivity index is 1.50. The van der Waals surface area contributed by atoms with Crippen LogP contribution in [0.4, 0.5) is 14.6 Å². The number of hydrogen-bond donors (Lipinski definition) is 0. The second-order valence-corrected chi connectivity index (χ2v) is 7.48. The number of nitrogens with zero attached hydrogens (tertiary/aromatic N) is 8. The second kappa shape index (κ2) is 8.70. The van der Waals surface area contributed by atoms with Gasteiger partial charge in [0.1, 0.15) is 11.5 Å². The minimum Gasteiger partial charge on any atom is -0.363 e. The van der Waals surface area contributed by atoms with Gasteiger partial charge in [0.15, 0.2) is 11.5 Å². The van der Waals surface area contributed by atoms with E-state index in [4.69, 9.17) is 4.98 Å². The summed E-state index contributed by atoms with van der Waals surface area (Å²) in [5, 5.41) is 3.67. The van der Waals surface area contributed by atoms with Crippen LogP contribution < -0.4 is 4.90 Å². The summed E-state index contributed by atoms with van der Waals surface area (Å²) in [5.41, 5.74) is 1.50. The Morgan fingerprint density at radius 3 is 2.58 bits per heavy atom. The van der Waals surface area contributed by atoms with E-state index in [1.54, 1.807) is 23.5 Å². The van der Waals surface area contributed by atoms with E-state index in [0.717, 1.165) is 17.7 Å². The number of halogens is 2. The number of hydrogen-bond acceptors (Lipinski definition) is 7. The Kier molecular flexibility index (Phi) is 5.83. The topological polar surface area (TPSA) is 92.9 Å². The number of carbonyl (C=O) groups is 1.